The van der Waals surface area contributed by atoms with Crippen molar-refractivity contribution >= 4 is 47.8 Å². The fraction of sp³-hybridized carbons (Fsp3) is 0.529. The Hall–Kier alpha value is -7.44. The van der Waals surface area contributed by atoms with E-state index in [1.807, 2.05) is 79.7 Å². The monoisotopic (exact) mass is 1190 g/mol. The molecule has 4 aliphatic rings. The van der Waals surface area contributed by atoms with Gasteiger partial charge in [0.25, 0.3) is 0 Å². The van der Waals surface area contributed by atoms with Crippen molar-refractivity contribution in [3.05, 3.63) is 138 Å². The van der Waals surface area contributed by atoms with E-state index in [0.29, 0.717) is 38.5 Å². The van der Waals surface area contributed by atoms with Crippen molar-refractivity contribution in [2.45, 2.75) is 184 Å². The van der Waals surface area contributed by atoms with Crippen LogP contribution in [0.4, 0.5) is 0 Å². The number of aliphatic carboxylic acids is 1. The summed E-state index contributed by atoms with van der Waals surface area (Å²) in [7, 11) is 0. The summed E-state index contributed by atoms with van der Waals surface area (Å²) < 4.78 is 44.6. The number of aliphatic hydroxyl groups is 1. The minimum atomic E-state index is -1.18. The molecule has 0 aromatic rings. The normalized spacial score (nSPS) is 15.8. The molecule has 0 aliphatic heterocycles. The zero-order valence-corrected chi connectivity index (χ0v) is 52.2. The van der Waals surface area contributed by atoms with E-state index in [0.717, 1.165) is 51.9 Å². The average Bonchev–Trinajstić information content (AvgIpc) is 2.34. The van der Waals surface area contributed by atoms with Crippen molar-refractivity contribution in [1.29, 1.82) is 0 Å². The molecule has 0 saturated carbocycles. The Morgan fingerprint density at radius 2 is 0.651 bits per heavy atom. The molecule has 0 aromatic heterocycles. The molecule has 0 bridgehead atoms. The molecule has 0 heterocycles. The van der Waals surface area contributed by atoms with Crippen molar-refractivity contribution in [3.63, 3.8) is 0 Å². The molecule has 0 spiro atoms. The topological polar surface area (TPSA) is 251 Å². The van der Waals surface area contributed by atoms with Gasteiger partial charge in [0.05, 0.1) is 64.4 Å². The lowest BCUT2D eigenvalue weighted by Crippen LogP contribution is -2.28. The number of carbonyl (C=O) groups excluding carboxylic acids is 7. The number of carbonyl (C=O) groups is 8. The highest BCUT2D eigenvalue weighted by molar-refractivity contribution is 6.04. The number of carboxylic acid groups (broad SMARTS) is 1. The number of hydrogen-bond donors (Lipinski definition) is 2. The Morgan fingerprint density at radius 1 is 0.395 bits per heavy atom. The van der Waals surface area contributed by atoms with E-state index in [9.17, 15) is 48.6 Å². The Kier molecular flexibility index (Phi) is 30.7. The molecular weight excluding hydrogens is 1100 g/mol. The summed E-state index contributed by atoms with van der Waals surface area (Å²) in [5.41, 5.74) is 9.05. The van der Waals surface area contributed by atoms with Crippen molar-refractivity contribution in [3.8, 4) is 0 Å². The minimum absolute atomic E-state index is 0.00218. The van der Waals surface area contributed by atoms with Crippen LogP contribution in [0.2, 0.25) is 0 Å². The van der Waals surface area contributed by atoms with Crippen LogP contribution in [0.1, 0.15) is 172 Å². The van der Waals surface area contributed by atoms with Gasteiger partial charge >= 0.3 is 47.8 Å². The van der Waals surface area contributed by atoms with Gasteiger partial charge in [-0.3, -0.25) is 0 Å². The maximum atomic E-state index is 13.9. The number of carboxylic acids is 1. The molecule has 0 fully saturated rings. The second-order valence-electron chi connectivity index (χ2n) is 22.8. The Labute approximate surface area is 507 Å². The Balaban J connectivity index is 1.37. The van der Waals surface area contributed by atoms with E-state index in [4.69, 9.17) is 37.9 Å². The Bertz CT molecular complexity index is 2880. The van der Waals surface area contributed by atoms with Crippen LogP contribution in [0.15, 0.2) is 138 Å². The lowest BCUT2D eigenvalue weighted by atomic mass is 9.89. The lowest BCUT2D eigenvalue weighted by Gasteiger charge is -2.22. The summed E-state index contributed by atoms with van der Waals surface area (Å²) in [6.07, 6.45) is 20.9. The van der Waals surface area contributed by atoms with Gasteiger partial charge in [0.1, 0.15) is 45.2 Å². The number of hydrogen-bond acceptors (Lipinski definition) is 17. The van der Waals surface area contributed by atoms with Gasteiger partial charge in [0, 0.05) is 25.7 Å². The van der Waals surface area contributed by atoms with E-state index in [1.54, 1.807) is 13.8 Å². The van der Waals surface area contributed by atoms with E-state index >= 15 is 0 Å². The van der Waals surface area contributed by atoms with Crippen LogP contribution in [0.25, 0.3) is 0 Å². The minimum Gasteiger partial charge on any atom is -0.478 e. The standard InChI is InChI=1S/C68H90O18/c1-43(2)15-11-19-49-23-27-53(61(70)71)57(37-49)68(78)86-48(10)42-79-41-47(9)85-67(77)56-30-26-52(22-14-18-46(7)8)40-60(56)66(76)84-36-34-82-63(73)55-29-25-51(21-13-17-45(5)6)39-59(55)65(75)83-35-33-81-62(72)54-28-24-50(20-12-16-44(3)4)38-58(54)64(74)80-32-31-69/h15-18,23-26,47-48,69H,11-14,19-22,27-42H2,1-10H3,(H,70,71). The number of allylic oxidation sites excluding steroid dienone is 16. The molecule has 18 heteroatoms. The molecule has 4 aliphatic carbocycles. The molecule has 0 saturated heterocycles. The largest absolute Gasteiger partial charge is 0.478 e. The zero-order chi connectivity index (χ0) is 63.3. The summed E-state index contributed by atoms with van der Waals surface area (Å²) in [4.78, 5) is 107. The number of esters is 7. The molecule has 2 atom stereocenters. The molecule has 18 nitrogen and oxygen atoms in total. The first-order chi connectivity index (χ1) is 41.0. The SMILES string of the molecule is CC(C)=CCCC1=CCC(C(=O)O)=C(C(=O)OC(C)COCC(C)OC(=O)C2=C(C(=O)OCCOC(=O)C3=C(C(=O)OCCOC(=O)C4=C(C(=O)OCCO)CC(CCC=C(C)C)=CC4)CC(CCC=C(C)C)=CC3)CC(CCC=C(C)C)=CC2)C1. The van der Waals surface area contributed by atoms with Gasteiger partial charge in [0.15, 0.2) is 0 Å². The van der Waals surface area contributed by atoms with E-state index in [1.165, 1.54) is 5.57 Å². The first kappa shape index (κ1) is 71.0. The average molecular weight is 1200 g/mol. The van der Waals surface area contributed by atoms with Crippen LogP contribution < -0.4 is 0 Å². The molecule has 0 aromatic carbocycles. The van der Waals surface area contributed by atoms with Gasteiger partial charge in [0.2, 0.25) is 0 Å². The highest BCUT2D eigenvalue weighted by Crippen LogP contribution is 2.34. The number of rotatable bonds is 34. The quantitative estimate of drug-likeness (QED) is 0.0263. The fourth-order valence-electron chi connectivity index (χ4n) is 9.75. The second-order valence-corrected chi connectivity index (χ2v) is 22.8. The molecule has 2 unspecified atom stereocenters. The van der Waals surface area contributed by atoms with Crippen LogP contribution >= 0.6 is 0 Å². The van der Waals surface area contributed by atoms with E-state index in [2.05, 4.69) is 24.3 Å². The third-order valence-corrected chi connectivity index (χ3v) is 14.3. The molecule has 470 valence electrons. The van der Waals surface area contributed by atoms with Gasteiger partial charge in [-0.25, -0.2) is 38.4 Å². The molecule has 0 amide bonds. The van der Waals surface area contributed by atoms with Crippen molar-refractivity contribution in [2.24, 2.45) is 0 Å². The Morgan fingerprint density at radius 3 is 0.942 bits per heavy atom. The van der Waals surface area contributed by atoms with Crippen molar-refractivity contribution in [1.82, 2.24) is 0 Å². The predicted molar refractivity (Wildman–Crippen MR) is 323 cm³/mol. The highest BCUT2D eigenvalue weighted by atomic mass is 16.6. The fourth-order valence-corrected chi connectivity index (χ4v) is 9.75. The van der Waals surface area contributed by atoms with Gasteiger partial charge < -0.3 is 48.1 Å². The van der Waals surface area contributed by atoms with Crippen molar-refractivity contribution < 1.29 is 86.5 Å². The maximum absolute atomic E-state index is 13.9. The third kappa shape index (κ3) is 24.9. The van der Waals surface area contributed by atoms with E-state index < -0.39 is 60.0 Å². The first-order valence-electron chi connectivity index (χ1n) is 29.8. The molecule has 4 rings (SSSR count). The van der Waals surface area contributed by atoms with Gasteiger partial charge in [-0.2, -0.15) is 0 Å². The predicted octanol–water partition coefficient (Wildman–Crippen LogP) is 11.7. The van der Waals surface area contributed by atoms with Crippen molar-refractivity contribution in [2.75, 3.05) is 52.9 Å². The summed E-state index contributed by atoms with van der Waals surface area (Å²) >= 11 is 0. The third-order valence-electron chi connectivity index (χ3n) is 14.3. The van der Waals surface area contributed by atoms with Gasteiger partial charge in [-0.15, -0.1) is 0 Å². The zero-order valence-electron chi connectivity index (χ0n) is 52.2. The van der Waals surface area contributed by atoms with Crippen LogP contribution in [0, 0.1) is 0 Å². The summed E-state index contributed by atoms with van der Waals surface area (Å²) in [6, 6.07) is 0. The van der Waals surface area contributed by atoms with Crippen LogP contribution in [0.5, 0.6) is 0 Å². The summed E-state index contributed by atoms with van der Waals surface area (Å²) in [6.45, 7) is 16.9. The molecule has 0 radical (unpaired) electrons. The molecule has 2 N–H and O–H groups in total. The van der Waals surface area contributed by atoms with E-state index in [-0.39, 0.29) is 149 Å². The maximum Gasteiger partial charge on any atom is 0.335 e. The van der Waals surface area contributed by atoms with Crippen LogP contribution in [-0.4, -0.2) is 123 Å². The smallest absolute Gasteiger partial charge is 0.335 e. The first-order valence-corrected chi connectivity index (χ1v) is 29.8. The summed E-state index contributed by atoms with van der Waals surface area (Å²) in [5.74, 6) is -6.58. The van der Waals surface area contributed by atoms with Gasteiger partial charge in [-0.05, 0) is 146 Å². The molecule has 86 heavy (non-hydrogen) atoms. The van der Waals surface area contributed by atoms with Crippen LogP contribution in [-0.2, 0) is 76.3 Å². The second kappa shape index (κ2) is 37.2. The van der Waals surface area contributed by atoms with Gasteiger partial charge in [-0.1, -0.05) is 93.2 Å². The number of ether oxygens (including phenoxy) is 8. The molecular formula is C68H90O18. The van der Waals surface area contributed by atoms with Crippen LogP contribution in [0.3, 0.4) is 0 Å². The number of aliphatic hydroxyl groups excluding tert-OH is 1. The lowest BCUT2D eigenvalue weighted by molar-refractivity contribution is -0.151. The highest BCUT2D eigenvalue weighted by Gasteiger charge is 2.32. The summed E-state index contributed by atoms with van der Waals surface area (Å²) in [5, 5.41) is 19.1.